The quantitative estimate of drug-likeness (QED) is 0.200. The van der Waals surface area contributed by atoms with Crippen molar-refractivity contribution < 1.29 is 27.4 Å². The maximum Gasteiger partial charge on any atom is 0.238 e. The molecule has 3 aromatic heterocycles. The van der Waals surface area contributed by atoms with E-state index in [2.05, 4.69) is 15.0 Å². The lowest BCUT2D eigenvalue weighted by Crippen LogP contribution is -2.07. The highest BCUT2D eigenvalue weighted by molar-refractivity contribution is 6.10. The maximum absolute atomic E-state index is 10.1. The van der Waals surface area contributed by atoms with Crippen LogP contribution in [0.5, 0.6) is 0 Å². The van der Waals surface area contributed by atoms with Gasteiger partial charge in [0.25, 0.3) is 0 Å². The Hall–Kier alpha value is -6.58. The second kappa shape index (κ2) is 10.3. The van der Waals surface area contributed by atoms with Crippen LogP contribution in [0.4, 0.5) is 0 Å². The van der Waals surface area contributed by atoms with E-state index in [9.17, 15) is 6.63 Å². The van der Waals surface area contributed by atoms with Gasteiger partial charge in [0.15, 0.2) is 11.6 Å². The van der Waals surface area contributed by atoms with Crippen LogP contribution in [0.3, 0.4) is 0 Å². The van der Waals surface area contributed by atoms with E-state index in [4.69, 9.17) is 26.0 Å². The summed E-state index contributed by atoms with van der Waals surface area (Å²) in [6.07, 6.45) is 0. The second-order valence-corrected chi connectivity index (χ2v) is 9.73. The van der Waals surface area contributed by atoms with Crippen molar-refractivity contribution in [1.29, 1.82) is 5.26 Å². The normalized spacial score (nSPS) is 17.5. The van der Waals surface area contributed by atoms with Gasteiger partial charge < -0.3 is 4.57 Å². The van der Waals surface area contributed by atoms with Crippen LogP contribution in [0.25, 0.3) is 78.0 Å². The molecule has 0 bridgehead atoms. The Labute approximate surface area is 292 Å². The highest BCUT2D eigenvalue weighted by Gasteiger charge is 2.21. The molecule has 6 aromatic carbocycles. The molecule has 6 heteroatoms. The van der Waals surface area contributed by atoms with E-state index in [1.807, 2.05) is 0 Å². The van der Waals surface area contributed by atoms with Gasteiger partial charge in [0.1, 0.15) is 0 Å². The predicted octanol–water partition coefficient (Wildman–Crippen LogP) is 9.27. The Kier molecular flexibility index (Phi) is 2.85. The largest absolute Gasteiger partial charge is 0.308 e. The molecule has 0 aliphatic rings. The molecule has 0 saturated carbocycles. The number of nitriles is 1. The lowest BCUT2D eigenvalue weighted by Gasteiger charge is -2.15. The zero-order valence-corrected chi connectivity index (χ0v) is 23.0. The Bertz CT molecular complexity index is 3690. The zero-order valence-electron chi connectivity index (χ0n) is 43.0. The molecule has 0 unspecified atom stereocenters. The number of aromatic nitrogens is 5. The third-order valence-electron chi connectivity index (χ3n) is 7.24. The summed E-state index contributed by atoms with van der Waals surface area (Å²) in [7, 11) is 0. The Morgan fingerprint density at radius 3 is 1.78 bits per heavy atom. The molecule has 0 spiro atoms. The fourth-order valence-electron chi connectivity index (χ4n) is 5.35. The van der Waals surface area contributed by atoms with Crippen LogP contribution >= 0.6 is 0 Å². The van der Waals surface area contributed by atoms with Gasteiger partial charge in [-0.1, -0.05) is 103 Å². The van der Waals surface area contributed by atoms with Crippen LogP contribution < -0.4 is 0 Å². The minimum atomic E-state index is -0.800. The Balaban J connectivity index is 1.52. The minimum Gasteiger partial charge on any atom is -0.308 e. The molecule has 46 heavy (non-hydrogen) atoms. The smallest absolute Gasteiger partial charge is 0.238 e. The zero-order chi connectivity index (χ0) is 48.0. The summed E-state index contributed by atoms with van der Waals surface area (Å²) in [5.41, 5.74) is -2.81. The fraction of sp³-hybridized carbons (Fsp3) is 0. The summed E-state index contributed by atoms with van der Waals surface area (Å²) < 4.78 is 177. The third kappa shape index (κ3) is 3.93. The standard InChI is InChI=1S/C40H24N6/c41-25-26-22-23-31-30-16-4-8-18-33(30)45(37(31)24-26)36-21-11-7-17-32(36)39-42-38(27-12-2-1-3-13-27)43-40(44-39)46-34-19-9-5-14-28(34)29-15-6-10-20-35(29)46/h1-24H/i1D,2D,3D,4D,5D,6D,8D,9D,10D,12D,13D,14D,15D,16D,18D,19D,20D,22D,23D,24D. The molecular formula is C40H24N6. The molecule has 9 aromatic rings. The molecule has 0 saturated heterocycles. The number of para-hydroxylation sites is 4. The number of nitrogens with zero attached hydrogens (tertiary/aromatic N) is 6. The molecule has 0 N–H and O–H groups in total. The summed E-state index contributed by atoms with van der Waals surface area (Å²) in [4.78, 5) is 13.8. The third-order valence-corrected chi connectivity index (χ3v) is 7.24. The average molecular weight is 609 g/mol. The lowest BCUT2D eigenvalue weighted by atomic mass is 10.1. The number of rotatable bonds is 4. The Morgan fingerprint density at radius 2 is 1.11 bits per heavy atom. The molecule has 214 valence electrons. The maximum atomic E-state index is 10.1. The molecule has 9 rings (SSSR count). The van der Waals surface area contributed by atoms with Gasteiger partial charge in [-0.05, 0) is 42.3 Å². The molecular weight excluding hydrogens is 564 g/mol. The first-order chi connectivity index (χ1) is 31.1. The lowest BCUT2D eigenvalue weighted by molar-refractivity contribution is 0.951. The number of fused-ring (bicyclic) bond motifs is 6. The van der Waals surface area contributed by atoms with Crippen molar-refractivity contribution in [3.8, 4) is 40.5 Å². The van der Waals surface area contributed by atoms with E-state index < -0.39 is 161 Å². The Morgan fingerprint density at radius 1 is 0.543 bits per heavy atom. The van der Waals surface area contributed by atoms with E-state index in [1.54, 1.807) is 6.07 Å². The van der Waals surface area contributed by atoms with Gasteiger partial charge in [-0.15, -0.1) is 0 Å². The summed E-state index contributed by atoms with van der Waals surface area (Å²) in [5, 5.41) is 8.83. The van der Waals surface area contributed by atoms with E-state index in [-0.39, 0.29) is 43.8 Å². The molecule has 6 nitrogen and oxygen atoms in total. The van der Waals surface area contributed by atoms with E-state index >= 15 is 0 Å². The van der Waals surface area contributed by atoms with Crippen molar-refractivity contribution in [2.75, 3.05) is 0 Å². The van der Waals surface area contributed by atoms with Crippen molar-refractivity contribution in [3.05, 3.63) is 151 Å². The van der Waals surface area contributed by atoms with Crippen LogP contribution in [0.15, 0.2) is 145 Å². The SMILES string of the molecule is [2H]c1c([2H])c([2H])c(-c2nc(-c3ccccc3-n3c4c([2H])c([2H])c([2H])c([2H])c4c4c([2H])c([2H])c(C#N)c([2H])c43)nc(-n3c4c([2H])c([2H])c([2H])c([2H])c4c4c([2H])c([2H])c([2H])c([2H])c43)n2)c([2H])c1[2H]. The van der Waals surface area contributed by atoms with Gasteiger partial charge in [0, 0.05) is 32.7 Å². The molecule has 0 atom stereocenters. The van der Waals surface area contributed by atoms with Crippen molar-refractivity contribution in [2.45, 2.75) is 0 Å². The number of hydrogen-bond acceptors (Lipinski definition) is 4. The van der Waals surface area contributed by atoms with E-state index in [0.717, 1.165) is 4.57 Å². The minimum absolute atomic E-state index is 0.0905. The second-order valence-electron chi connectivity index (χ2n) is 9.73. The van der Waals surface area contributed by atoms with E-state index in [0.29, 0.717) is 0 Å². The summed E-state index contributed by atoms with van der Waals surface area (Å²) in [5.74, 6) is -1.74. The fourth-order valence-corrected chi connectivity index (χ4v) is 5.35. The van der Waals surface area contributed by atoms with Gasteiger partial charge in [0.2, 0.25) is 5.95 Å². The van der Waals surface area contributed by atoms with Crippen LogP contribution in [0.1, 0.15) is 33.0 Å². The van der Waals surface area contributed by atoms with Crippen LogP contribution in [0.2, 0.25) is 0 Å². The first kappa shape index (κ1) is 12.8. The van der Waals surface area contributed by atoms with Crippen LogP contribution in [-0.4, -0.2) is 24.1 Å². The molecule has 0 amide bonds. The van der Waals surface area contributed by atoms with Gasteiger partial charge in [-0.3, -0.25) is 4.57 Å². The highest BCUT2D eigenvalue weighted by atomic mass is 15.2. The first-order valence-corrected chi connectivity index (χ1v) is 13.5. The van der Waals surface area contributed by atoms with Crippen LogP contribution in [-0.2, 0) is 0 Å². The van der Waals surface area contributed by atoms with E-state index in [1.165, 1.54) is 28.8 Å². The molecule has 0 aliphatic heterocycles. The van der Waals surface area contributed by atoms with Crippen molar-refractivity contribution >= 4 is 43.6 Å². The molecule has 0 radical (unpaired) electrons. The van der Waals surface area contributed by atoms with Crippen LogP contribution in [0, 0.1) is 11.3 Å². The highest BCUT2D eigenvalue weighted by Crippen LogP contribution is 2.37. The molecule has 0 fully saturated rings. The summed E-state index contributed by atoms with van der Waals surface area (Å²) in [6.45, 7) is 0. The van der Waals surface area contributed by atoms with Crippen molar-refractivity contribution in [2.24, 2.45) is 0 Å². The van der Waals surface area contributed by atoms with Crippen molar-refractivity contribution in [3.63, 3.8) is 0 Å². The molecule has 0 aliphatic carbocycles. The first-order valence-electron chi connectivity index (χ1n) is 23.5. The topological polar surface area (TPSA) is 72.3 Å². The summed E-state index contributed by atoms with van der Waals surface area (Å²) in [6, 6.07) is -6.96. The number of hydrogen-bond donors (Lipinski definition) is 0. The molecule has 3 heterocycles. The number of benzene rings is 6. The monoisotopic (exact) mass is 608 g/mol. The van der Waals surface area contributed by atoms with Crippen molar-refractivity contribution in [1.82, 2.24) is 24.1 Å². The van der Waals surface area contributed by atoms with Gasteiger partial charge in [-0.2, -0.15) is 15.2 Å². The van der Waals surface area contributed by atoms with Gasteiger partial charge in [-0.25, -0.2) is 4.98 Å². The summed E-state index contributed by atoms with van der Waals surface area (Å²) >= 11 is 0. The van der Waals surface area contributed by atoms with Gasteiger partial charge >= 0.3 is 0 Å². The predicted molar refractivity (Wildman–Crippen MR) is 184 cm³/mol. The van der Waals surface area contributed by atoms with Gasteiger partial charge in [0.05, 0.1) is 66.8 Å². The average Bonchev–Trinajstić information content (AvgIpc) is 3.86.